The minimum atomic E-state index is -0.0634. The van der Waals surface area contributed by atoms with Crippen LogP contribution >= 0.6 is 0 Å². The Kier molecular flexibility index (Phi) is 6.00. The molecule has 0 spiro atoms. The van der Waals surface area contributed by atoms with Gasteiger partial charge in [0.1, 0.15) is 0 Å². The van der Waals surface area contributed by atoms with Crippen LogP contribution in [0.3, 0.4) is 0 Å². The average molecular weight is 287 g/mol. The van der Waals surface area contributed by atoms with Crippen molar-refractivity contribution in [2.75, 3.05) is 0 Å². The summed E-state index contributed by atoms with van der Waals surface area (Å²) in [6, 6.07) is 9.93. The van der Waals surface area contributed by atoms with Gasteiger partial charge in [0.05, 0.1) is 18.4 Å². The van der Waals surface area contributed by atoms with Gasteiger partial charge in [0, 0.05) is 5.39 Å². The molecule has 0 amide bonds. The van der Waals surface area contributed by atoms with Crippen LogP contribution in [0, 0.1) is 0 Å². The second-order valence-corrected chi connectivity index (χ2v) is 5.58. The van der Waals surface area contributed by atoms with Gasteiger partial charge in [-0.2, -0.15) is 0 Å². The number of hydrogen-bond acceptors (Lipinski definition) is 3. The van der Waals surface area contributed by atoms with Gasteiger partial charge in [-0.15, -0.1) is 0 Å². The molecular formula is C18H25NO2. The lowest BCUT2D eigenvalue weighted by molar-refractivity contribution is 0.198. The topological polar surface area (TPSA) is 42.4 Å². The predicted molar refractivity (Wildman–Crippen MR) is 86.5 cm³/mol. The second kappa shape index (κ2) is 7.99. The van der Waals surface area contributed by atoms with Gasteiger partial charge in [0.15, 0.2) is 0 Å². The highest BCUT2D eigenvalue weighted by Crippen LogP contribution is 2.26. The number of hydrogen-bond donors (Lipinski definition) is 1. The van der Waals surface area contributed by atoms with E-state index < -0.39 is 0 Å². The van der Waals surface area contributed by atoms with Gasteiger partial charge in [-0.1, -0.05) is 44.4 Å². The maximum atomic E-state index is 9.34. The zero-order valence-corrected chi connectivity index (χ0v) is 13.0. The summed E-state index contributed by atoms with van der Waals surface area (Å²) in [5.41, 5.74) is 0.655. The van der Waals surface area contributed by atoms with E-state index >= 15 is 0 Å². The Hall–Kier alpha value is -1.61. The molecular weight excluding hydrogens is 262 g/mol. The molecule has 1 aromatic carbocycles. The average Bonchev–Trinajstić information content (AvgIpc) is 2.51. The van der Waals surface area contributed by atoms with Gasteiger partial charge in [-0.3, -0.25) is 0 Å². The highest BCUT2D eigenvalue weighted by molar-refractivity contribution is 5.87. The van der Waals surface area contributed by atoms with Crippen molar-refractivity contribution in [3.05, 3.63) is 36.0 Å². The first-order valence-electron chi connectivity index (χ1n) is 7.90. The predicted octanol–water partition coefficient (Wildman–Crippen LogP) is 4.46. The van der Waals surface area contributed by atoms with Crippen LogP contribution in [0.15, 0.2) is 30.3 Å². The van der Waals surface area contributed by atoms with Crippen molar-refractivity contribution in [2.45, 2.75) is 58.7 Å². The van der Waals surface area contributed by atoms with Crippen molar-refractivity contribution >= 4 is 10.8 Å². The Balaban J connectivity index is 2.09. The molecule has 3 heteroatoms. The number of benzene rings is 1. The van der Waals surface area contributed by atoms with E-state index in [1.54, 1.807) is 0 Å². The number of nitrogens with zero attached hydrogens (tertiary/aromatic N) is 1. The fraction of sp³-hybridized carbons (Fsp3) is 0.500. The molecule has 2 aromatic rings. The molecule has 21 heavy (non-hydrogen) atoms. The number of rotatable bonds is 8. The van der Waals surface area contributed by atoms with Crippen LogP contribution in [-0.2, 0) is 6.61 Å². The number of fused-ring (bicyclic) bond motifs is 1. The normalized spacial score (nSPS) is 12.5. The van der Waals surface area contributed by atoms with Crippen molar-refractivity contribution < 1.29 is 9.84 Å². The van der Waals surface area contributed by atoms with E-state index in [1.165, 1.54) is 25.7 Å². The molecule has 1 N–H and O–H groups in total. The molecule has 1 aromatic heterocycles. The van der Waals surface area contributed by atoms with Gasteiger partial charge in [-0.05, 0) is 37.3 Å². The molecule has 0 bridgehead atoms. The summed E-state index contributed by atoms with van der Waals surface area (Å²) < 4.78 is 6.03. The lowest BCUT2D eigenvalue weighted by Gasteiger charge is -2.16. The van der Waals surface area contributed by atoms with E-state index in [2.05, 4.69) is 18.8 Å². The van der Waals surface area contributed by atoms with E-state index in [4.69, 9.17) is 4.74 Å². The Morgan fingerprint density at radius 1 is 1.19 bits per heavy atom. The Bertz CT molecular complexity index is 568. The second-order valence-electron chi connectivity index (χ2n) is 5.58. The number of unbranched alkanes of at least 4 members (excludes halogenated alkanes) is 3. The fourth-order valence-corrected chi connectivity index (χ4v) is 2.50. The third-order valence-corrected chi connectivity index (χ3v) is 3.70. The summed E-state index contributed by atoms with van der Waals surface area (Å²) in [4.78, 5) is 4.43. The van der Waals surface area contributed by atoms with Crippen LogP contribution in [0.1, 0.15) is 51.6 Å². The van der Waals surface area contributed by atoms with E-state index in [0.29, 0.717) is 11.6 Å². The molecule has 0 saturated heterocycles. The number of aliphatic hydroxyl groups excluding tert-OH is 1. The van der Waals surface area contributed by atoms with Gasteiger partial charge in [-0.25, -0.2) is 4.98 Å². The lowest BCUT2D eigenvalue weighted by Crippen LogP contribution is -2.13. The zero-order valence-electron chi connectivity index (χ0n) is 13.0. The summed E-state index contributed by atoms with van der Waals surface area (Å²) in [7, 11) is 0. The minimum Gasteiger partial charge on any atom is -0.474 e. The van der Waals surface area contributed by atoms with Crippen molar-refractivity contribution in [1.82, 2.24) is 4.98 Å². The molecule has 1 atom stereocenters. The molecule has 0 radical (unpaired) electrons. The third-order valence-electron chi connectivity index (χ3n) is 3.70. The summed E-state index contributed by atoms with van der Waals surface area (Å²) in [6.45, 7) is 4.25. The first-order chi connectivity index (χ1) is 10.2. The van der Waals surface area contributed by atoms with Gasteiger partial charge < -0.3 is 9.84 Å². The standard InChI is InChI=1S/C18H25NO2/c1-3-4-5-6-9-14(2)21-18-17-11-8-7-10-15(17)12-16(13-20)19-18/h7-8,10-12,14,20H,3-6,9,13H2,1-2H3. The monoisotopic (exact) mass is 287 g/mol. The molecule has 3 nitrogen and oxygen atoms in total. The Morgan fingerprint density at radius 3 is 2.76 bits per heavy atom. The van der Waals surface area contributed by atoms with E-state index in [9.17, 15) is 5.11 Å². The largest absolute Gasteiger partial charge is 0.474 e. The Labute approximate surface area is 127 Å². The first kappa shape index (κ1) is 15.8. The maximum Gasteiger partial charge on any atom is 0.221 e. The molecule has 114 valence electrons. The van der Waals surface area contributed by atoms with Gasteiger partial charge >= 0.3 is 0 Å². The smallest absolute Gasteiger partial charge is 0.221 e. The highest BCUT2D eigenvalue weighted by atomic mass is 16.5. The number of aromatic nitrogens is 1. The summed E-state index contributed by atoms with van der Waals surface area (Å²) in [5.74, 6) is 0.639. The van der Waals surface area contributed by atoms with E-state index in [1.807, 2.05) is 30.3 Å². The van der Waals surface area contributed by atoms with Crippen LogP contribution < -0.4 is 4.74 Å². The molecule has 1 heterocycles. The number of ether oxygens (including phenoxy) is 1. The van der Waals surface area contributed by atoms with Crippen LogP contribution in [-0.4, -0.2) is 16.2 Å². The molecule has 0 fully saturated rings. The fourth-order valence-electron chi connectivity index (χ4n) is 2.50. The van der Waals surface area contributed by atoms with Crippen LogP contribution in [0.25, 0.3) is 10.8 Å². The van der Waals surface area contributed by atoms with E-state index in [-0.39, 0.29) is 12.7 Å². The minimum absolute atomic E-state index is 0.0634. The maximum absolute atomic E-state index is 9.34. The number of aliphatic hydroxyl groups is 1. The summed E-state index contributed by atoms with van der Waals surface area (Å²) in [5, 5.41) is 11.4. The third kappa shape index (κ3) is 4.43. The van der Waals surface area contributed by atoms with Crippen LogP contribution in [0.2, 0.25) is 0 Å². The summed E-state index contributed by atoms with van der Waals surface area (Å²) in [6.07, 6.45) is 6.17. The van der Waals surface area contributed by atoms with Gasteiger partial charge in [0.25, 0.3) is 0 Å². The zero-order chi connectivity index (χ0) is 15.1. The van der Waals surface area contributed by atoms with Crippen LogP contribution in [0.4, 0.5) is 0 Å². The molecule has 0 aliphatic heterocycles. The first-order valence-corrected chi connectivity index (χ1v) is 7.90. The number of pyridine rings is 1. The SMILES string of the molecule is CCCCCCC(C)Oc1nc(CO)cc2ccccc12. The van der Waals surface area contributed by atoms with Crippen LogP contribution in [0.5, 0.6) is 5.88 Å². The van der Waals surface area contributed by atoms with E-state index in [0.717, 1.165) is 17.2 Å². The molecule has 0 saturated carbocycles. The highest BCUT2D eigenvalue weighted by Gasteiger charge is 2.10. The van der Waals surface area contributed by atoms with Crippen molar-refractivity contribution in [3.8, 4) is 5.88 Å². The molecule has 2 rings (SSSR count). The lowest BCUT2D eigenvalue weighted by atomic mass is 10.1. The van der Waals surface area contributed by atoms with Crippen molar-refractivity contribution in [1.29, 1.82) is 0 Å². The van der Waals surface area contributed by atoms with Crippen molar-refractivity contribution in [3.63, 3.8) is 0 Å². The molecule has 0 aliphatic rings. The quantitative estimate of drug-likeness (QED) is 0.729. The van der Waals surface area contributed by atoms with Crippen molar-refractivity contribution in [2.24, 2.45) is 0 Å². The molecule has 0 aliphatic carbocycles. The summed E-state index contributed by atoms with van der Waals surface area (Å²) >= 11 is 0. The Morgan fingerprint density at radius 2 is 2.00 bits per heavy atom. The van der Waals surface area contributed by atoms with Gasteiger partial charge in [0.2, 0.25) is 5.88 Å². The molecule has 1 unspecified atom stereocenters.